The van der Waals surface area contributed by atoms with E-state index in [1.807, 2.05) is 39.0 Å². The number of carbonyl (C=O) groups is 1. The van der Waals surface area contributed by atoms with Gasteiger partial charge in [0.2, 0.25) is 0 Å². The maximum absolute atomic E-state index is 11.8. The topological polar surface area (TPSA) is 58.8 Å². The van der Waals surface area contributed by atoms with Gasteiger partial charge in [0.1, 0.15) is 5.60 Å². The van der Waals surface area contributed by atoms with Gasteiger partial charge >= 0.3 is 5.97 Å². The van der Waals surface area contributed by atoms with E-state index in [0.717, 1.165) is 38.4 Å². The molecule has 2 rings (SSSR count). The van der Waals surface area contributed by atoms with Gasteiger partial charge in [0.15, 0.2) is 0 Å². The molecule has 1 aliphatic rings. The minimum atomic E-state index is -0.411. The summed E-state index contributed by atoms with van der Waals surface area (Å²) in [7, 11) is 0. The van der Waals surface area contributed by atoms with Crippen molar-refractivity contribution in [2.75, 3.05) is 38.5 Å². The molecule has 22 heavy (non-hydrogen) atoms. The van der Waals surface area contributed by atoms with Crippen molar-refractivity contribution in [1.29, 1.82) is 0 Å². The minimum absolute atomic E-state index is 0.142. The predicted molar refractivity (Wildman–Crippen MR) is 88.4 cm³/mol. The SMILES string of the molecule is CC(C)(C)OC(=O)CN1CCN(Cc2cccc(N)c2)CC1. The van der Waals surface area contributed by atoms with E-state index in [9.17, 15) is 4.79 Å². The second-order valence-corrected chi connectivity index (χ2v) is 6.88. The number of nitrogens with zero attached hydrogens (tertiary/aromatic N) is 2. The molecule has 0 unspecified atom stereocenters. The number of ether oxygens (including phenoxy) is 1. The van der Waals surface area contributed by atoms with Crippen LogP contribution in [0.2, 0.25) is 0 Å². The maximum Gasteiger partial charge on any atom is 0.320 e. The summed E-state index contributed by atoms with van der Waals surface area (Å²) in [5, 5.41) is 0. The molecule has 5 heteroatoms. The Morgan fingerprint density at radius 1 is 1.18 bits per heavy atom. The number of benzene rings is 1. The van der Waals surface area contributed by atoms with Crippen molar-refractivity contribution >= 4 is 11.7 Å². The summed E-state index contributed by atoms with van der Waals surface area (Å²) in [5.74, 6) is -0.142. The van der Waals surface area contributed by atoms with Crippen molar-refractivity contribution in [3.63, 3.8) is 0 Å². The van der Waals surface area contributed by atoms with Gasteiger partial charge in [-0.2, -0.15) is 0 Å². The van der Waals surface area contributed by atoms with E-state index >= 15 is 0 Å². The third-order valence-electron chi connectivity index (χ3n) is 3.59. The highest BCUT2D eigenvalue weighted by molar-refractivity contribution is 5.72. The number of hydrogen-bond donors (Lipinski definition) is 1. The summed E-state index contributed by atoms with van der Waals surface area (Å²) in [6, 6.07) is 8.02. The third kappa shape index (κ3) is 5.66. The lowest BCUT2D eigenvalue weighted by Gasteiger charge is -2.34. The Balaban J connectivity index is 1.75. The van der Waals surface area contributed by atoms with Gasteiger partial charge in [-0.25, -0.2) is 0 Å². The van der Waals surface area contributed by atoms with Gasteiger partial charge in [-0.1, -0.05) is 12.1 Å². The van der Waals surface area contributed by atoms with Crippen LogP contribution in [-0.2, 0) is 16.1 Å². The van der Waals surface area contributed by atoms with Gasteiger partial charge < -0.3 is 10.5 Å². The van der Waals surface area contributed by atoms with E-state index in [1.54, 1.807) is 0 Å². The van der Waals surface area contributed by atoms with Crippen LogP contribution < -0.4 is 5.73 Å². The molecule has 0 radical (unpaired) electrons. The van der Waals surface area contributed by atoms with Crippen molar-refractivity contribution in [1.82, 2.24) is 9.80 Å². The molecule has 0 saturated carbocycles. The molecule has 0 spiro atoms. The first-order chi connectivity index (χ1) is 10.3. The largest absolute Gasteiger partial charge is 0.459 e. The quantitative estimate of drug-likeness (QED) is 0.678. The van der Waals surface area contributed by atoms with Gasteiger partial charge in [-0.05, 0) is 38.5 Å². The third-order valence-corrected chi connectivity index (χ3v) is 3.59. The molecule has 0 bridgehead atoms. The number of piperazine rings is 1. The lowest BCUT2D eigenvalue weighted by atomic mass is 10.1. The molecular weight excluding hydrogens is 278 g/mol. The van der Waals surface area contributed by atoms with Gasteiger partial charge in [0, 0.05) is 38.4 Å². The van der Waals surface area contributed by atoms with Gasteiger partial charge in [-0.3, -0.25) is 14.6 Å². The first-order valence-corrected chi connectivity index (χ1v) is 7.83. The Labute approximate surface area is 133 Å². The second-order valence-electron chi connectivity index (χ2n) is 6.88. The summed E-state index contributed by atoms with van der Waals surface area (Å²) >= 11 is 0. The van der Waals surface area contributed by atoms with Crippen LogP contribution in [0.25, 0.3) is 0 Å². The summed E-state index contributed by atoms with van der Waals surface area (Å²) < 4.78 is 5.37. The zero-order valence-corrected chi connectivity index (χ0v) is 13.8. The van der Waals surface area contributed by atoms with Gasteiger partial charge in [0.05, 0.1) is 6.54 Å². The first-order valence-electron chi connectivity index (χ1n) is 7.83. The number of rotatable bonds is 4. The summed E-state index contributed by atoms with van der Waals surface area (Å²) in [4.78, 5) is 16.4. The van der Waals surface area contributed by atoms with E-state index in [2.05, 4.69) is 15.9 Å². The summed E-state index contributed by atoms with van der Waals surface area (Å²) in [6.07, 6.45) is 0. The average Bonchev–Trinajstić information content (AvgIpc) is 2.39. The molecule has 1 aliphatic heterocycles. The molecule has 5 nitrogen and oxygen atoms in total. The van der Waals surface area contributed by atoms with E-state index in [0.29, 0.717) is 6.54 Å². The molecule has 1 fully saturated rings. The number of nitrogens with two attached hydrogens (primary N) is 1. The Morgan fingerprint density at radius 2 is 1.82 bits per heavy atom. The van der Waals surface area contributed by atoms with Crippen molar-refractivity contribution in [3.05, 3.63) is 29.8 Å². The van der Waals surface area contributed by atoms with Gasteiger partial charge in [0.25, 0.3) is 0 Å². The van der Waals surface area contributed by atoms with Crippen LogP contribution in [0.15, 0.2) is 24.3 Å². The summed E-state index contributed by atoms with van der Waals surface area (Å²) in [5.41, 5.74) is 7.45. The maximum atomic E-state index is 11.8. The van der Waals surface area contributed by atoms with E-state index < -0.39 is 5.60 Å². The van der Waals surface area contributed by atoms with E-state index in [4.69, 9.17) is 10.5 Å². The zero-order chi connectivity index (χ0) is 16.2. The molecule has 1 saturated heterocycles. The van der Waals surface area contributed by atoms with Crippen molar-refractivity contribution in [2.45, 2.75) is 32.9 Å². The van der Waals surface area contributed by atoms with Crippen molar-refractivity contribution in [2.24, 2.45) is 0 Å². The number of nitrogen functional groups attached to an aromatic ring is 1. The number of anilines is 1. The molecular formula is C17H27N3O2. The standard InChI is InChI=1S/C17H27N3O2/c1-17(2,3)22-16(21)13-20-9-7-19(8-10-20)12-14-5-4-6-15(18)11-14/h4-6,11H,7-10,12-13,18H2,1-3H3. The predicted octanol–water partition coefficient (Wildman–Crippen LogP) is 1.73. The number of carbonyl (C=O) groups excluding carboxylic acids is 1. The van der Waals surface area contributed by atoms with Crippen molar-refractivity contribution < 1.29 is 9.53 Å². The molecule has 1 aromatic carbocycles. The Morgan fingerprint density at radius 3 is 2.41 bits per heavy atom. The van der Waals surface area contributed by atoms with Crippen LogP contribution in [0.4, 0.5) is 5.69 Å². The molecule has 1 aromatic rings. The lowest BCUT2D eigenvalue weighted by Crippen LogP contribution is -2.48. The van der Waals surface area contributed by atoms with E-state index in [1.165, 1.54) is 5.56 Å². The Bertz CT molecular complexity index is 503. The molecule has 0 atom stereocenters. The molecule has 0 amide bonds. The highest BCUT2D eigenvalue weighted by atomic mass is 16.6. The van der Waals surface area contributed by atoms with Crippen LogP contribution in [0.5, 0.6) is 0 Å². The van der Waals surface area contributed by atoms with Gasteiger partial charge in [-0.15, -0.1) is 0 Å². The number of esters is 1. The van der Waals surface area contributed by atoms with Crippen LogP contribution in [-0.4, -0.2) is 54.1 Å². The van der Waals surface area contributed by atoms with Crippen LogP contribution in [0.3, 0.4) is 0 Å². The van der Waals surface area contributed by atoms with Crippen LogP contribution >= 0.6 is 0 Å². The van der Waals surface area contributed by atoms with Crippen molar-refractivity contribution in [3.8, 4) is 0 Å². The monoisotopic (exact) mass is 305 g/mol. The zero-order valence-electron chi connectivity index (χ0n) is 13.8. The smallest absolute Gasteiger partial charge is 0.320 e. The van der Waals surface area contributed by atoms with Crippen LogP contribution in [0, 0.1) is 0 Å². The lowest BCUT2D eigenvalue weighted by molar-refractivity contribution is -0.156. The highest BCUT2D eigenvalue weighted by Gasteiger charge is 2.22. The normalized spacial score (nSPS) is 17.4. The highest BCUT2D eigenvalue weighted by Crippen LogP contribution is 2.12. The molecule has 122 valence electrons. The fourth-order valence-electron chi connectivity index (χ4n) is 2.61. The minimum Gasteiger partial charge on any atom is -0.459 e. The molecule has 1 heterocycles. The fourth-order valence-corrected chi connectivity index (χ4v) is 2.61. The molecule has 0 aromatic heterocycles. The fraction of sp³-hybridized carbons (Fsp3) is 0.588. The molecule has 0 aliphatic carbocycles. The second kappa shape index (κ2) is 7.11. The average molecular weight is 305 g/mol. The Kier molecular flexibility index (Phi) is 5.42. The number of hydrogen-bond acceptors (Lipinski definition) is 5. The summed E-state index contributed by atoms with van der Waals surface area (Å²) in [6.45, 7) is 10.7. The van der Waals surface area contributed by atoms with E-state index in [-0.39, 0.29) is 5.97 Å². The molecule has 2 N–H and O–H groups in total. The first kappa shape index (κ1) is 16.8. The Hall–Kier alpha value is -1.59. The van der Waals surface area contributed by atoms with Crippen LogP contribution in [0.1, 0.15) is 26.3 Å².